The molecule has 6 N–H and O–H groups in total. The molecule has 0 aliphatic heterocycles. The van der Waals surface area contributed by atoms with E-state index in [1.807, 2.05) is 0 Å². The van der Waals surface area contributed by atoms with E-state index in [9.17, 15) is 40.8 Å². The number of aromatic carboxylic acids is 1. The topological polar surface area (TPSA) is 283 Å². The third-order valence-electron chi connectivity index (χ3n) is 5.91. The minimum Gasteiger partial charge on any atom is -0.492 e. The molecule has 0 unspecified atom stereocenters. The van der Waals surface area contributed by atoms with Crippen molar-refractivity contribution in [1.82, 2.24) is 24.7 Å². The van der Waals surface area contributed by atoms with Gasteiger partial charge in [-0.3, -0.25) is 9.11 Å². The molecule has 2 heterocycles. The monoisotopic (exact) mass is 713 g/mol. The first kappa shape index (κ1) is 35.1. The van der Waals surface area contributed by atoms with Gasteiger partial charge in [0.25, 0.3) is 20.2 Å². The first-order valence-corrected chi connectivity index (χ1v) is 16.9. The molecule has 2 aromatic heterocycles. The Morgan fingerprint density at radius 3 is 2.34 bits per heavy atom. The fourth-order valence-electron chi connectivity index (χ4n) is 3.72. The summed E-state index contributed by atoms with van der Waals surface area (Å²) in [5.41, 5.74) is -2.17. The Bertz CT molecular complexity index is 2040. The van der Waals surface area contributed by atoms with Gasteiger partial charge in [0.2, 0.25) is 23.5 Å². The average Bonchev–Trinajstić information content (AvgIpc) is 3.33. The zero-order valence-corrected chi connectivity index (χ0v) is 26.3. The van der Waals surface area contributed by atoms with Crippen molar-refractivity contribution < 1.29 is 50.4 Å². The Balaban J connectivity index is 1.65. The Labute approximate surface area is 269 Å². The Kier molecular flexibility index (Phi) is 10.7. The fourth-order valence-corrected chi connectivity index (χ4v) is 5.59. The lowest BCUT2D eigenvalue weighted by Crippen LogP contribution is -2.24. The zero-order valence-electron chi connectivity index (χ0n) is 23.8. The predicted molar refractivity (Wildman–Crippen MR) is 163 cm³/mol. The minimum atomic E-state index is -5.01. The van der Waals surface area contributed by atoms with Crippen LogP contribution in [0.5, 0.6) is 5.88 Å². The molecular weight excluding hydrogens is 690 g/mol. The van der Waals surface area contributed by atoms with Crippen molar-refractivity contribution in [2.24, 2.45) is 10.2 Å². The van der Waals surface area contributed by atoms with Gasteiger partial charge in [0.15, 0.2) is 5.69 Å². The van der Waals surface area contributed by atoms with Crippen LogP contribution in [0, 0.1) is 6.08 Å². The van der Waals surface area contributed by atoms with Crippen LogP contribution in [-0.2, 0) is 20.2 Å². The van der Waals surface area contributed by atoms with Gasteiger partial charge in [-0.15, -0.1) is 10.2 Å². The maximum atomic E-state index is 14.2. The van der Waals surface area contributed by atoms with Crippen molar-refractivity contribution in [3.8, 4) is 11.6 Å². The standard InChI is InChI=1S/C24H24FN9O10S3/c1-33(8-10-45-11-9-35)24-28-22(25)27-23(29-24)26-13-2-7-16(17(12-13)47(42,43)44)30-31-18-19(21(37)38)32-34(20(18)36)14-3-5-15(6-4-14)46(39,40)41/h2-7,12,35-36H,8-11H2,1H3,(H,37,38)(H,39,40,41)(H,42,43,44)(H,26,27,28,29)/b31-30+. The molecule has 0 fully saturated rings. The van der Waals surface area contributed by atoms with Gasteiger partial charge in [-0.2, -0.15) is 57.7 Å². The van der Waals surface area contributed by atoms with E-state index in [2.05, 4.69) is 35.6 Å². The van der Waals surface area contributed by atoms with Gasteiger partial charge < -0.3 is 25.5 Å². The minimum absolute atomic E-state index is 0.00400. The molecule has 23 heteroatoms. The number of hydrogen-bond donors (Lipinski definition) is 6. The van der Waals surface area contributed by atoms with Gasteiger partial charge in [-0.05, 0) is 42.5 Å². The maximum Gasteiger partial charge on any atom is 0.358 e. The summed E-state index contributed by atoms with van der Waals surface area (Å²) in [6, 6.07) is 7.30. The molecular formula is C24H24FN9O10S3. The van der Waals surface area contributed by atoms with Crippen LogP contribution >= 0.6 is 11.8 Å². The molecule has 0 radical (unpaired) electrons. The number of rotatable bonds is 14. The van der Waals surface area contributed by atoms with Crippen LogP contribution in [-0.4, -0.2) is 104 Å². The molecule has 2 aromatic carbocycles. The van der Waals surface area contributed by atoms with Crippen molar-refractivity contribution in [2.75, 3.05) is 41.9 Å². The van der Waals surface area contributed by atoms with E-state index in [4.69, 9.17) is 9.66 Å². The lowest BCUT2D eigenvalue weighted by molar-refractivity contribution is 0.0690. The first-order valence-electron chi connectivity index (χ1n) is 12.8. The number of thioether (sulfide) groups is 1. The number of hydrogen-bond acceptors (Lipinski definition) is 16. The quantitative estimate of drug-likeness (QED) is 0.0621. The van der Waals surface area contributed by atoms with Crippen molar-refractivity contribution in [3.63, 3.8) is 0 Å². The molecule has 250 valence electrons. The van der Waals surface area contributed by atoms with Crippen LogP contribution in [0.1, 0.15) is 10.5 Å². The number of benzene rings is 2. The van der Waals surface area contributed by atoms with Crippen LogP contribution in [0.2, 0.25) is 0 Å². The van der Waals surface area contributed by atoms with Gasteiger partial charge in [0.1, 0.15) is 10.6 Å². The molecule has 47 heavy (non-hydrogen) atoms. The number of nitrogens with one attached hydrogen (secondary N) is 1. The number of carbonyl (C=O) groups is 1. The van der Waals surface area contributed by atoms with E-state index in [0.717, 1.165) is 36.4 Å². The molecule has 0 amide bonds. The van der Waals surface area contributed by atoms with Crippen molar-refractivity contribution in [3.05, 3.63) is 54.2 Å². The molecule has 0 aliphatic rings. The number of aromatic nitrogens is 5. The molecule has 0 saturated heterocycles. The smallest absolute Gasteiger partial charge is 0.358 e. The van der Waals surface area contributed by atoms with E-state index in [-0.39, 0.29) is 29.9 Å². The Morgan fingerprint density at radius 2 is 1.72 bits per heavy atom. The molecule has 0 aliphatic carbocycles. The maximum absolute atomic E-state index is 14.2. The van der Waals surface area contributed by atoms with E-state index < -0.39 is 65.0 Å². The van der Waals surface area contributed by atoms with Gasteiger partial charge in [-0.1, -0.05) is 0 Å². The average molecular weight is 714 g/mol. The van der Waals surface area contributed by atoms with Crippen LogP contribution < -0.4 is 10.2 Å². The van der Waals surface area contributed by atoms with Gasteiger partial charge in [0.05, 0.1) is 17.2 Å². The zero-order chi connectivity index (χ0) is 34.5. The highest BCUT2D eigenvalue weighted by molar-refractivity contribution is 7.99. The Hall–Kier alpha value is -4.81. The molecule has 0 atom stereocenters. The number of carboxylic acids is 1. The summed E-state index contributed by atoms with van der Waals surface area (Å²) in [5, 5.41) is 42.8. The number of nitrogens with zero attached hydrogens (tertiary/aromatic N) is 8. The second-order valence-corrected chi connectivity index (χ2v) is 13.2. The summed E-state index contributed by atoms with van der Waals surface area (Å²) in [6.07, 6.45) is -1.14. The summed E-state index contributed by atoms with van der Waals surface area (Å²) in [7, 11) is -7.95. The molecule has 4 rings (SSSR count). The number of azo groups is 1. The number of aliphatic hydroxyl groups is 1. The highest BCUT2D eigenvalue weighted by Gasteiger charge is 2.25. The SMILES string of the molecule is CN(CCSCCO)c1nc(F)nc(Nc2ccc(/N=N/c3c(C(=O)O)nn(-c4ccc(S(=O)(=O)O)cc4)c3O)c(S(=O)(=O)O)c2)n1. The molecule has 0 bridgehead atoms. The van der Waals surface area contributed by atoms with E-state index in [1.54, 1.807) is 7.05 Å². The van der Waals surface area contributed by atoms with Crippen molar-refractivity contribution in [2.45, 2.75) is 9.79 Å². The summed E-state index contributed by atoms with van der Waals surface area (Å²) >= 11 is 1.46. The summed E-state index contributed by atoms with van der Waals surface area (Å²) < 4.78 is 81.0. The fraction of sp³-hybridized carbons (Fsp3) is 0.208. The third kappa shape index (κ3) is 8.72. The third-order valence-corrected chi connectivity index (χ3v) is 8.61. The van der Waals surface area contributed by atoms with E-state index in [0.29, 0.717) is 22.7 Å². The van der Waals surface area contributed by atoms with Crippen molar-refractivity contribution in [1.29, 1.82) is 0 Å². The summed E-state index contributed by atoms with van der Waals surface area (Å²) in [6.45, 7) is 0.405. The second kappa shape index (κ2) is 14.3. The van der Waals surface area contributed by atoms with Crippen molar-refractivity contribution >= 4 is 66.9 Å². The number of halogens is 1. The van der Waals surface area contributed by atoms with E-state index in [1.165, 1.54) is 22.7 Å². The number of aromatic hydroxyl groups is 1. The molecule has 4 aromatic rings. The van der Waals surface area contributed by atoms with Crippen LogP contribution in [0.4, 0.5) is 33.3 Å². The summed E-state index contributed by atoms with van der Waals surface area (Å²) in [4.78, 5) is 23.3. The molecule has 0 spiro atoms. The highest BCUT2D eigenvalue weighted by atomic mass is 32.2. The number of anilines is 3. The van der Waals surface area contributed by atoms with Crippen LogP contribution in [0.3, 0.4) is 0 Å². The highest BCUT2D eigenvalue weighted by Crippen LogP contribution is 2.36. The van der Waals surface area contributed by atoms with Crippen LogP contribution in [0.15, 0.2) is 62.5 Å². The van der Waals surface area contributed by atoms with Gasteiger partial charge in [-0.25, -0.2) is 4.79 Å². The predicted octanol–water partition coefficient (Wildman–Crippen LogP) is 2.41. The van der Waals surface area contributed by atoms with Gasteiger partial charge in [0, 0.05) is 30.8 Å². The Morgan fingerprint density at radius 1 is 1.02 bits per heavy atom. The normalized spacial score (nSPS) is 12.0. The molecule has 19 nitrogen and oxygen atoms in total. The molecule has 0 saturated carbocycles. The lowest BCUT2D eigenvalue weighted by Gasteiger charge is -2.17. The first-order chi connectivity index (χ1) is 22.1. The lowest BCUT2D eigenvalue weighted by atomic mass is 10.3. The van der Waals surface area contributed by atoms with Crippen LogP contribution in [0.25, 0.3) is 5.69 Å². The summed E-state index contributed by atoms with van der Waals surface area (Å²) in [5.74, 6) is -1.82. The largest absolute Gasteiger partial charge is 0.492 e. The van der Waals surface area contributed by atoms with E-state index >= 15 is 0 Å². The number of carboxylic acid groups (broad SMARTS) is 1. The number of aliphatic hydroxyl groups excluding tert-OH is 1. The second-order valence-electron chi connectivity index (χ2n) is 9.17. The van der Waals surface area contributed by atoms with Gasteiger partial charge >= 0.3 is 12.0 Å².